The zero-order valence-corrected chi connectivity index (χ0v) is 16.6. The van der Waals surface area contributed by atoms with E-state index in [0.29, 0.717) is 5.56 Å². The van der Waals surface area contributed by atoms with Gasteiger partial charge in [0.2, 0.25) is 17.5 Å². The van der Waals surface area contributed by atoms with Crippen LogP contribution in [0.15, 0.2) is 51.9 Å². The minimum Gasteiger partial charge on any atom is -0.508 e. The molecule has 5 atom stereocenters. The Morgan fingerprint density at radius 1 is 1.06 bits per heavy atom. The molecule has 11 heteroatoms. The van der Waals surface area contributed by atoms with E-state index in [1.807, 2.05) is 0 Å². The van der Waals surface area contributed by atoms with Crippen LogP contribution in [0.2, 0.25) is 0 Å². The Morgan fingerprint density at radius 2 is 1.78 bits per heavy atom. The minimum absolute atomic E-state index is 0.0794. The van der Waals surface area contributed by atoms with Crippen LogP contribution in [0.5, 0.6) is 11.5 Å². The number of carbonyl (C=O) groups is 1. The van der Waals surface area contributed by atoms with E-state index in [4.69, 9.17) is 18.6 Å². The lowest BCUT2D eigenvalue weighted by molar-refractivity contribution is -0.278. The molecule has 0 aliphatic carbocycles. The number of phenolic OH excluding ortho intramolecular Hbond substituents is 1. The van der Waals surface area contributed by atoms with E-state index in [0.717, 1.165) is 18.4 Å². The topological polar surface area (TPSA) is 176 Å². The van der Waals surface area contributed by atoms with Gasteiger partial charge in [0.15, 0.2) is 12.4 Å². The van der Waals surface area contributed by atoms with Gasteiger partial charge in [0.1, 0.15) is 30.2 Å². The number of rotatable bonds is 7. The van der Waals surface area contributed by atoms with Gasteiger partial charge in [-0.2, -0.15) is 0 Å². The van der Waals surface area contributed by atoms with Crippen LogP contribution in [-0.2, 0) is 20.9 Å². The molecule has 1 aliphatic heterocycles. The summed E-state index contributed by atoms with van der Waals surface area (Å²) in [6.45, 7) is -1.17. The monoisotopic (exact) mass is 450 g/mol. The molecule has 0 saturated carbocycles. The third-order valence-corrected chi connectivity index (χ3v) is 4.64. The average molecular weight is 450 g/mol. The molecule has 32 heavy (non-hydrogen) atoms. The molecule has 5 N–H and O–H groups in total. The lowest BCUT2D eigenvalue weighted by Gasteiger charge is -2.39. The Morgan fingerprint density at radius 3 is 2.47 bits per heavy atom. The summed E-state index contributed by atoms with van der Waals surface area (Å²) in [6.07, 6.45) is -4.25. The van der Waals surface area contributed by atoms with Crippen LogP contribution >= 0.6 is 0 Å². The lowest BCUT2D eigenvalue weighted by Crippen LogP contribution is -2.60. The van der Waals surface area contributed by atoms with Crippen molar-refractivity contribution in [1.82, 2.24) is 0 Å². The maximum absolute atomic E-state index is 12.2. The van der Waals surface area contributed by atoms with E-state index in [1.165, 1.54) is 18.2 Å². The molecule has 0 amide bonds. The Kier molecular flexibility index (Phi) is 7.62. The summed E-state index contributed by atoms with van der Waals surface area (Å²) >= 11 is 0. The van der Waals surface area contributed by atoms with Gasteiger partial charge >= 0.3 is 5.97 Å². The largest absolute Gasteiger partial charge is 0.508 e. The van der Waals surface area contributed by atoms with E-state index in [1.54, 1.807) is 12.1 Å². The summed E-state index contributed by atoms with van der Waals surface area (Å²) in [6, 6.07) is 7.09. The number of esters is 1. The second-order valence-corrected chi connectivity index (χ2v) is 6.88. The molecule has 11 nitrogen and oxygen atoms in total. The number of hydrogen-bond donors (Lipinski definition) is 5. The number of hydrogen-bond acceptors (Lipinski definition) is 11. The molecule has 172 valence electrons. The smallest absolute Gasteiger partial charge is 0.331 e. The molecule has 1 fully saturated rings. The van der Waals surface area contributed by atoms with Gasteiger partial charge in [-0.15, -0.1) is 0 Å². The van der Waals surface area contributed by atoms with Gasteiger partial charge in [-0.25, -0.2) is 4.79 Å². The highest BCUT2D eigenvalue weighted by molar-refractivity contribution is 5.87. The van der Waals surface area contributed by atoms with Crippen LogP contribution < -0.4 is 10.2 Å². The van der Waals surface area contributed by atoms with Gasteiger partial charge in [0.05, 0.1) is 12.9 Å². The van der Waals surface area contributed by atoms with Crippen LogP contribution in [0.3, 0.4) is 0 Å². The molecule has 3 rings (SSSR count). The Labute approximate surface area is 181 Å². The zero-order chi connectivity index (χ0) is 23.3. The van der Waals surface area contributed by atoms with Crippen molar-refractivity contribution in [2.24, 2.45) is 0 Å². The third kappa shape index (κ3) is 5.52. The highest BCUT2D eigenvalue weighted by Crippen LogP contribution is 2.25. The van der Waals surface area contributed by atoms with Crippen molar-refractivity contribution in [3.05, 3.63) is 64.2 Å². The van der Waals surface area contributed by atoms with Gasteiger partial charge < -0.3 is 44.2 Å². The van der Waals surface area contributed by atoms with Crippen molar-refractivity contribution in [3.8, 4) is 11.5 Å². The van der Waals surface area contributed by atoms with Crippen LogP contribution in [-0.4, -0.2) is 68.8 Å². The number of phenols is 1. The molecule has 1 aliphatic rings. The first-order valence-electron chi connectivity index (χ1n) is 9.52. The molecule has 0 bridgehead atoms. The summed E-state index contributed by atoms with van der Waals surface area (Å²) in [5, 5.41) is 48.3. The van der Waals surface area contributed by atoms with Gasteiger partial charge in [0.25, 0.3) is 0 Å². The van der Waals surface area contributed by atoms with Crippen LogP contribution in [0.1, 0.15) is 11.3 Å². The molecule has 0 radical (unpaired) electrons. The molecular weight excluding hydrogens is 428 g/mol. The lowest BCUT2D eigenvalue weighted by atomic mass is 9.99. The summed E-state index contributed by atoms with van der Waals surface area (Å²) in [7, 11) is 0. The molecule has 1 aromatic carbocycles. The first-order valence-corrected chi connectivity index (χ1v) is 9.52. The molecular formula is C21H22O11. The standard InChI is InChI=1S/C21H22O11/c22-9-14-17(26)18(27)19(28)21(31-14)32-20-13(24)7-8-29-15(20)10-30-16(25)6-3-11-1-4-12(23)5-2-11/h1-8,14,17-19,21-23,26-28H,9-10H2/b6-3+/t14-,17-,18-,19-,21+/m1/s1. The van der Waals surface area contributed by atoms with E-state index in [9.17, 15) is 35.1 Å². The predicted octanol–water partition coefficient (Wildman–Crippen LogP) is -0.719. The Hall–Kier alpha value is -3.22. The van der Waals surface area contributed by atoms with Crippen LogP contribution in [0.25, 0.3) is 6.08 Å². The molecule has 0 unspecified atom stereocenters. The van der Waals surface area contributed by atoms with Crippen molar-refractivity contribution < 1.29 is 49.0 Å². The normalized spacial score (nSPS) is 25.6. The van der Waals surface area contributed by atoms with Crippen molar-refractivity contribution in [2.45, 2.75) is 37.3 Å². The fraction of sp³-hybridized carbons (Fsp3) is 0.333. The van der Waals surface area contributed by atoms with Gasteiger partial charge in [-0.05, 0) is 23.8 Å². The van der Waals surface area contributed by atoms with Crippen LogP contribution in [0.4, 0.5) is 0 Å². The quantitative estimate of drug-likeness (QED) is 0.266. The average Bonchev–Trinajstić information content (AvgIpc) is 2.79. The number of aliphatic hydroxyl groups excluding tert-OH is 4. The molecule has 2 heterocycles. The number of aromatic hydroxyl groups is 1. The molecule has 1 aromatic heterocycles. The third-order valence-electron chi connectivity index (χ3n) is 4.64. The molecule has 1 saturated heterocycles. The fourth-order valence-electron chi connectivity index (χ4n) is 2.88. The van der Waals surface area contributed by atoms with Crippen molar-refractivity contribution in [2.75, 3.05) is 6.61 Å². The maximum Gasteiger partial charge on any atom is 0.331 e. The number of carbonyl (C=O) groups excluding carboxylic acids is 1. The van der Waals surface area contributed by atoms with Crippen molar-refractivity contribution >= 4 is 12.0 Å². The van der Waals surface area contributed by atoms with Crippen molar-refractivity contribution in [1.29, 1.82) is 0 Å². The Balaban J connectivity index is 1.68. The van der Waals surface area contributed by atoms with E-state index < -0.39 is 61.1 Å². The second-order valence-electron chi connectivity index (χ2n) is 6.88. The van der Waals surface area contributed by atoms with Gasteiger partial charge in [0, 0.05) is 12.1 Å². The summed E-state index contributed by atoms with van der Waals surface area (Å²) in [4.78, 5) is 24.2. The van der Waals surface area contributed by atoms with Gasteiger partial charge in [-0.1, -0.05) is 12.1 Å². The molecule has 2 aromatic rings. The molecule has 0 spiro atoms. The number of benzene rings is 1. The first-order chi connectivity index (χ1) is 15.3. The summed E-state index contributed by atoms with van der Waals surface area (Å²) < 4.78 is 20.8. The number of aliphatic hydroxyl groups is 4. The number of ether oxygens (including phenoxy) is 3. The fourth-order valence-corrected chi connectivity index (χ4v) is 2.88. The summed E-state index contributed by atoms with van der Waals surface area (Å²) in [5.41, 5.74) is -0.0449. The van der Waals surface area contributed by atoms with Crippen molar-refractivity contribution in [3.63, 3.8) is 0 Å². The van der Waals surface area contributed by atoms with E-state index in [-0.39, 0.29) is 11.5 Å². The Bertz CT molecular complexity index is 996. The van der Waals surface area contributed by atoms with Crippen LogP contribution in [0, 0.1) is 0 Å². The second kappa shape index (κ2) is 10.4. The SMILES string of the molecule is O=C(/C=C/c1ccc(O)cc1)OCc1occc(=O)c1O[C@@H]1O[C@H](CO)[C@@H](O)[C@@H](O)[C@H]1O. The van der Waals surface area contributed by atoms with Gasteiger partial charge in [-0.3, -0.25) is 4.79 Å². The first kappa shape index (κ1) is 23.4. The predicted molar refractivity (Wildman–Crippen MR) is 106 cm³/mol. The van der Waals surface area contributed by atoms with E-state index in [2.05, 4.69) is 0 Å². The summed E-state index contributed by atoms with van der Waals surface area (Å²) in [5.74, 6) is -1.31. The maximum atomic E-state index is 12.2. The highest BCUT2D eigenvalue weighted by atomic mass is 16.7. The van der Waals surface area contributed by atoms with E-state index >= 15 is 0 Å². The minimum atomic E-state index is -1.74. The highest BCUT2D eigenvalue weighted by Gasteiger charge is 2.45. The zero-order valence-electron chi connectivity index (χ0n) is 16.6.